The largest absolute Gasteiger partial charge is 2.00 e. The standard InChI is InChI=1S/C22H14N2O.Pt/c1-2-8-17(9-3-1)18-10-6-11-19(16-18)20-12-7-14-22(24-20)25-21-13-4-5-15-23-21;/h1-8,10-15H;/q-2;+2. The Kier molecular flexibility index (Phi) is 5.93. The van der Waals surface area contributed by atoms with Gasteiger partial charge in [-0.1, -0.05) is 18.2 Å². The zero-order chi connectivity index (χ0) is 16.9. The van der Waals surface area contributed by atoms with E-state index in [-0.39, 0.29) is 21.1 Å². The van der Waals surface area contributed by atoms with Crippen molar-refractivity contribution in [1.29, 1.82) is 0 Å². The van der Waals surface area contributed by atoms with Crippen molar-refractivity contribution in [3.63, 3.8) is 0 Å². The summed E-state index contributed by atoms with van der Waals surface area (Å²) in [5, 5.41) is 0. The van der Waals surface area contributed by atoms with E-state index in [0.29, 0.717) is 11.8 Å². The third-order valence-corrected chi connectivity index (χ3v) is 3.64. The van der Waals surface area contributed by atoms with Gasteiger partial charge in [0, 0.05) is 18.0 Å². The average Bonchev–Trinajstić information content (AvgIpc) is 2.70. The van der Waals surface area contributed by atoms with Crippen molar-refractivity contribution in [1.82, 2.24) is 9.97 Å². The molecule has 4 rings (SSSR count). The van der Waals surface area contributed by atoms with Crippen molar-refractivity contribution >= 4 is 0 Å². The van der Waals surface area contributed by atoms with Gasteiger partial charge in [0.25, 0.3) is 0 Å². The molecule has 0 aliphatic rings. The minimum atomic E-state index is 0. The predicted molar refractivity (Wildman–Crippen MR) is 97.1 cm³/mol. The van der Waals surface area contributed by atoms with E-state index in [9.17, 15) is 0 Å². The summed E-state index contributed by atoms with van der Waals surface area (Å²) >= 11 is 0. The third kappa shape index (κ3) is 4.25. The van der Waals surface area contributed by atoms with E-state index in [2.05, 4.69) is 22.1 Å². The molecule has 3 nitrogen and oxygen atoms in total. The number of benzene rings is 2. The van der Waals surface area contributed by atoms with Crippen LogP contribution in [-0.4, -0.2) is 9.97 Å². The van der Waals surface area contributed by atoms with Gasteiger partial charge in [0.2, 0.25) is 11.8 Å². The van der Waals surface area contributed by atoms with Crippen LogP contribution in [0.1, 0.15) is 0 Å². The van der Waals surface area contributed by atoms with Crippen molar-refractivity contribution in [3.8, 4) is 34.1 Å². The van der Waals surface area contributed by atoms with Crippen LogP contribution in [0.25, 0.3) is 22.4 Å². The smallest absolute Gasteiger partial charge is 0.421 e. The molecule has 0 saturated carbocycles. The molecule has 2 aromatic heterocycles. The maximum Gasteiger partial charge on any atom is 2.00 e. The Labute approximate surface area is 167 Å². The normalized spacial score (nSPS) is 10.0. The van der Waals surface area contributed by atoms with Crippen LogP contribution < -0.4 is 4.74 Å². The van der Waals surface area contributed by atoms with Crippen LogP contribution >= 0.6 is 0 Å². The molecule has 4 aromatic rings. The Morgan fingerprint density at radius 1 is 0.692 bits per heavy atom. The second-order valence-electron chi connectivity index (χ2n) is 5.39. The maximum atomic E-state index is 5.71. The van der Waals surface area contributed by atoms with Crippen molar-refractivity contribution in [2.45, 2.75) is 0 Å². The molecule has 2 heterocycles. The monoisotopic (exact) mass is 517 g/mol. The fourth-order valence-corrected chi connectivity index (χ4v) is 2.47. The molecule has 0 aliphatic heterocycles. The molecular formula is C22H14N2OPt. The number of nitrogens with zero attached hydrogens (tertiary/aromatic N) is 2. The molecule has 128 valence electrons. The van der Waals surface area contributed by atoms with Gasteiger partial charge < -0.3 is 4.74 Å². The Morgan fingerprint density at radius 2 is 1.46 bits per heavy atom. The van der Waals surface area contributed by atoms with E-state index in [1.807, 2.05) is 72.8 Å². The number of rotatable bonds is 4. The van der Waals surface area contributed by atoms with E-state index in [4.69, 9.17) is 4.74 Å². The second-order valence-corrected chi connectivity index (χ2v) is 5.39. The Morgan fingerprint density at radius 3 is 2.27 bits per heavy atom. The van der Waals surface area contributed by atoms with Crippen molar-refractivity contribution in [2.75, 3.05) is 0 Å². The molecule has 0 atom stereocenters. The summed E-state index contributed by atoms with van der Waals surface area (Å²) in [7, 11) is 0. The second kappa shape index (κ2) is 8.55. The zero-order valence-electron chi connectivity index (χ0n) is 13.7. The van der Waals surface area contributed by atoms with Crippen LogP contribution in [0, 0.1) is 12.1 Å². The van der Waals surface area contributed by atoms with Gasteiger partial charge in [0.1, 0.15) is 0 Å². The number of aromatic nitrogens is 2. The molecule has 0 saturated heterocycles. The minimum Gasteiger partial charge on any atom is -0.421 e. The number of hydrogen-bond acceptors (Lipinski definition) is 3. The summed E-state index contributed by atoms with van der Waals surface area (Å²) in [6, 6.07) is 31.7. The first-order valence-corrected chi connectivity index (χ1v) is 7.94. The van der Waals surface area contributed by atoms with E-state index in [1.54, 1.807) is 12.3 Å². The SMILES string of the molecule is [Pt+2].[c-]1ccccc1-c1[c-]c(-c2cccc(Oc3ccccn3)n2)ccc1. The quantitative estimate of drug-likeness (QED) is 0.349. The maximum absolute atomic E-state index is 5.71. The molecule has 4 heteroatoms. The number of ether oxygens (including phenoxy) is 1. The third-order valence-electron chi connectivity index (χ3n) is 3.64. The van der Waals surface area contributed by atoms with Crippen LogP contribution in [0.15, 0.2) is 85.1 Å². The first-order chi connectivity index (χ1) is 12.4. The molecule has 0 fully saturated rings. The summed E-state index contributed by atoms with van der Waals surface area (Å²) in [6.45, 7) is 0. The fourth-order valence-electron chi connectivity index (χ4n) is 2.47. The van der Waals surface area contributed by atoms with Crippen LogP contribution in [0.4, 0.5) is 0 Å². The van der Waals surface area contributed by atoms with Crippen molar-refractivity contribution < 1.29 is 25.8 Å². The zero-order valence-corrected chi connectivity index (χ0v) is 16.0. The molecule has 0 amide bonds. The Bertz CT molecular complexity index is 975. The average molecular weight is 517 g/mol. The van der Waals surface area contributed by atoms with Crippen molar-refractivity contribution in [3.05, 3.63) is 97.2 Å². The van der Waals surface area contributed by atoms with Crippen LogP contribution in [-0.2, 0) is 21.1 Å². The van der Waals surface area contributed by atoms with Crippen LogP contribution in [0.2, 0.25) is 0 Å². The van der Waals surface area contributed by atoms with Crippen molar-refractivity contribution in [2.24, 2.45) is 0 Å². The summed E-state index contributed by atoms with van der Waals surface area (Å²) < 4.78 is 5.71. The molecular weight excluding hydrogens is 503 g/mol. The molecule has 0 unspecified atom stereocenters. The van der Waals surface area contributed by atoms with Gasteiger partial charge >= 0.3 is 21.1 Å². The van der Waals surface area contributed by atoms with Gasteiger partial charge in [-0.05, 0) is 12.1 Å². The van der Waals surface area contributed by atoms with Gasteiger partial charge in [-0.2, -0.15) is 42.0 Å². The van der Waals surface area contributed by atoms with Gasteiger partial charge in [-0.15, -0.1) is 23.8 Å². The summed E-state index contributed by atoms with van der Waals surface area (Å²) in [4.78, 5) is 8.73. The molecule has 0 bridgehead atoms. The van der Waals surface area contributed by atoms with E-state index in [0.717, 1.165) is 22.4 Å². The number of hydrogen-bond donors (Lipinski definition) is 0. The van der Waals surface area contributed by atoms with Crippen LogP contribution in [0.3, 0.4) is 0 Å². The summed E-state index contributed by atoms with van der Waals surface area (Å²) in [6.07, 6.45) is 1.69. The molecule has 0 N–H and O–H groups in total. The topological polar surface area (TPSA) is 35.0 Å². The van der Waals surface area contributed by atoms with Gasteiger partial charge in [0.05, 0.1) is 0 Å². The van der Waals surface area contributed by atoms with E-state index in [1.165, 1.54) is 0 Å². The van der Waals surface area contributed by atoms with Crippen LogP contribution in [0.5, 0.6) is 11.8 Å². The Balaban J connectivity index is 0.00000196. The summed E-state index contributed by atoms with van der Waals surface area (Å²) in [5.41, 5.74) is 3.69. The molecule has 0 spiro atoms. The minimum absolute atomic E-state index is 0. The molecule has 2 aromatic carbocycles. The van der Waals surface area contributed by atoms with Gasteiger partial charge in [-0.3, -0.25) is 4.98 Å². The van der Waals surface area contributed by atoms with E-state index < -0.39 is 0 Å². The predicted octanol–water partition coefficient (Wildman–Crippen LogP) is 5.20. The first-order valence-electron chi connectivity index (χ1n) is 7.94. The number of pyridine rings is 2. The van der Waals surface area contributed by atoms with E-state index >= 15 is 0 Å². The molecule has 26 heavy (non-hydrogen) atoms. The first kappa shape index (κ1) is 18.0. The molecule has 0 aliphatic carbocycles. The van der Waals surface area contributed by atoms with Gasteiger partial charge in [0.15, 0.2) is 0 Å². The van der Waals surface area contributed by atoms with Gasteiger partial charge in [-0.25, -0.2) is 10.5 Å². The fraction of sp³-hybridized carbons (Fsp3) is 0. The Hall–Kier alpha value is -2.77. The molecule has 0 radical (unpaired) electrons. The summed E-state index contributed by atoms with van der Waals surface area (Å²) in [5.74, 6) is 1.02.